The molecule has 0 bridgehead atoms. The van der Waals surface area contributed by atoms with E-state index in [-0.39, 0.29) is 37.9 Å². The van der Waals surface area contributed by atoms with Gasteiger partial charge in [-0.25, -0.2) is 0 Å². The van der Waals surface area contributed by atoms with Crippen LogP contribution in [0.3, 0.4) is 0 Å². The van der Waals surface area contributed by atoms with Crippen LogP contribution in [0.2, 0.25) is 0 Å². The molecule has 1 heterocycles. The van der Waals surface area contributed by atoms with Crippen LogP contribution in [0.5, 0.6) is 0 Å². The third-order valence-electron chi connectivity index (χ3n) is 7.77. The van der Waals surface area contributed by atoms with Gasteiger partial charge in [0.05, 0.1) is 15.1 Å². The molecule has 0 N–H and O–H groups in total. The first-order valence-corrected chi connectivity index (χ1v) is 13.2. The summed E-state index contributed by atoms with van der Waals surface area (Å²) >= 11 is 0. The monoisotopic (exact) mass is 531 g/mol. The molecule has 9 rings (SSSR count). The van der Waals surface area contributed by atoms with Gasteiger partial charge in [0.15, 0.2) is 0 Å². The van der Waals surface area contributed by atoms with E-state index >= 15 is 0 Å². The second-order valence-electron chi connectivity index (χ2n) is 10.0. The molecule has 0 aliphatic heterocycles. The van der Waals surface area contributed by atoms with Crippen molar-refractivity contribution in [3.05, 3.63) is 145 Å². The summed E-state index contributed by atoms with van der Waals surface area (Å²) in [5.74, 6) is 0. The molecule has 0 fully saturated rings. The molecule has 1 heteroatoms. The average Bonchev–Trinajstić information content (AvgIpc) is 3.54. The van der Waals surface area contributed by atoms with Crippen LogP contribution >= 0.6 is 0 Å². The summed E-state index contributed by atoms with van der Waals surface area (Å²) in [4.78, 5) is 0. The number of furan rings is 1. The molecule has 1 nitrogen and oxygen atoms in total. The standard InChI is InChI=1S/C40H24O/c1-2-10-25(11-3-1)35-23-29(24-37-34-21-19-27-13-5-9-17-32(27)39(34)41-40(35)37)38-31-16-8-6-14-28(31)22-36-30-15-7-4-12-26(30)18-20-33(36)38/h1-24H/i4D,6D,7D,8D,12D,14D,15D,16D,18D,20D,22D. The molecule has 8 aromatic carbocycles. The van der Waals surface area contributed by atoms with Crippen LogP contribution in [-0.2, 0) is 0 Å². The van der Waals surface area contributed by atoms with Crippen LogP contribution in [0, 0.1) is 0 Å². The summed E-state index contributed by atoms with van der Waals surface area (Å²) in [6, 6.07) is 19.3. The van der Waals surface area contributed by atoms with Gasteiger partial charge in [-0.1, -0.05) is 121 Å². The first kappa shape index (κ1) is 14.3. The average molecular weight is 532 g/mol. The largest absolute Gasteiger partial charge is 0.455 e. The zero-order valence-electron chi connectivity index (χ0n) is 32.4. The molecular formula is C40H24O. The molecule has 0 radical (unpaired) electrons. The van der Waals surface area contributed by atoms with Crippen molar-refractivity contribution in [3.8, 4) is 22.3 Å². The Morgan fingerprint density at radius 3 is 2.12 bits per heavy atom. The van der Waals surface area contributed by atoms with Crippen LogP contribution in [0.15, 0.2) is 150 Å². The molecule has 41 heavy (non-hydrogen) atoms. The Bertz CT molecular complexity index is 3080. The van der Waals surface area contributed by atoms with Crippen molar-refractivity contribution < 1.29 is 19.5 Å². The van der Waals surface area contributed by atoms with Gasteiger partial charge in [-0.05, 0) is 78.6 Å². The lowest BCUT2D eigenvalue weighted by Gasteiger charge is -2.15. The molecule has 0 unspecified atom stereocenters. The maximum absolute atomic E-state index is 9.44. The van der Waals surface area contributed by atoms with Crippen LogP contribution in [-0.4, -0.2) is 0 Å². The second kappa shape index (κ2) is 8.55. The van der Waals surface area contributed by atoms with Crippen molar-refractivity contribution in [2.75, 3.05) is 0 Å². The molecule has 0 aliphatic rings. The van der Waals surface area contributed by atoms with E-state index in [2.05, 4.69) is 0 Å². The van der Waals surface area contributed by atoms with Crippen LogP contribution < -0.4 is 0 Å². The summed E-state index contributed by atoms with van der Waals surface area (Å²) in [7, 11) is 0. The molecule has 0 saturated heterocycles. The van der Waals surface area contributed by atoms with Gasteiger partial charge in [-0.15, -0.1) is 0 Å². The molecule has 0 saturated carbocycles. The number of hydrogen-bond acceptors (Lipinski definition) is 1. The highest BCUT2D eigenvalue weighted by Crippen LogP contribution is 2.45. The van der Waals surface area contributed by atoms with Gasteiger partial charge in [-0.3, -0.25) is 0 Å². The summed E-state index contributed by atoms with van der Waals surface area (Å²) in [5, 5.41) is 2.63. The minimum absolute atomic E-state index is 0.0262. The molecule has 0 atom stereocenters. The zero-order chi connectivity index (χ0) is 36.5. The molecule has 0 amide bonds. The third-order valence-corrected chi connectivity index (χ3v) is 7.77. The van der Waals surface area contributed by atoms with E-state index in [9.17, 15) is 2.74 Å². The van der Waals surface area contributed by atoms with Crippen LogP contribution in [0.25, 0.3) is 87.3 Å². The predicted octanol–water partition coefficient (Wildman–Crippen LogP) is 11.5. The number of fused-ring (bicyclic) bond motifs is 9. The van der Waals surface area contributed by atoms with Crippen molar-refractivity contribution >= 4 is 65.0 Å². The fourth-order valence-electron chi connectivity index (χ4n) is 5.93. The maximum atomic E-state index is 9.44. The Kier molecular flexibility index (Phi) is 2.98. The van der Waals surface area contributed by atoms with E-state index in [4.69, 9.17) is 16.8 Å². The molecule has 9 aromatic rings. The topological polar surface area (TPSA) is 13.1 Å². The van der Waals surface area contributed by atoms with Crippen molar-refractivity contribution in [2.45, 2.75) is 0 Å². The van der Waals surface area contributed by atoms with Crippen molar-refractivity contribution in [1.82, 2.24) is 0 Å². The molecule has 1 aromatic heterocycles. The number of hydrogen-bond donors (Lipinski definition) is 0. The Balaban J connectivity index is 1.59. The van der Waals surface area contributed by atoms with E-state index in [0.717, 1.165) is 21.7 Å². The lowest BCUT2D eigenvalue weighted by molar-refractivity contribution is 0.674. The van der Waals surface area contributed by atoms with Crippen LogP contribution in [0.4, 0.5) is 0 Å². The lowest BCUT2D eigenvalue weighted by Crippen LogP contribution is -1.89. The van der Waals surface area contributed by atoms with Gasteiger partial charge in [-0.2, -0.15) is 0 Å². The predicted molar refractivity (Wildman–Crippen MR) is 175 cm³/mol. The van der Waals surface area contributed by atoms with E-state index in [1.807, 2.05) is 78.9 Å². The second-order valence-corrected chi connectivity index (χ2v) is 10.0. The molecule has 0 aliphatic carbocycles. The van der Waals surface area contributed by atoms with Crippen molar-refractivity contribution in [2.24, 2.45) is 0 Å². The molecule has 190 valence electrons. The Hall–Kier alpha value is -5.40. The van der Waals surface area contributed by atoms with E-state index in [1.54, 1.807) is 0 Å². The lowest BCUT2D eigenvalue weighted by atomic mass is 9.88. The Morgan fingerprint density at radius 2 is 1.22 bits per heavy atom. The van der Waals surface area contributed by atoms with E-state index in [1.165, 1.54) is 0 Å². The Labute approximate surface area is 252 Å². The first-order chi connectivity index (χ1) is 24.9. The van der Waals surface area contributed by atoms with Gasteiger partial charge < -0.3 is 4.42 Å². The minimum atomic E-state index is -0.587. The fraction of sp³-hybridized carbons (Fsp3) is 0. The normalized spacial score (nSPS) is 15.7. The SMILES string of the molecule is [2H]c1c([2H])c([2H])c2c([2H])c3c(c([2H])c([2H])c4c([2H])c([2H])c([2H])c([2H])c43)c(-c3cc(-c4ccccc4)c4oc5c6ccccc6ccc5c4c3)c2c1[2H]. The fourth-order valence-corrected chi connectivity index (χ4v) is 5.93. The minimum Gasteiger partial charge on any atom is -0.455 e. The smallest absolute Gasteiger partial charge is 0.143 e. The molecule has 0 spiro atoms. The van der Waals surface area contributed by atoms with E-state index < -0.39 is 66.5 Å². The number of rotatable bonds is 2. The zero-order valence-corrected chi connectivity index (χ0v) is 21.4. The highest BCUT2D eigenvalue weighted by Gasteiger charge is 2.19. The Morgan fingerprint density at radius 1 is 0.439 bits per heavy atom. The van der Waals surface area contributed by atoms with Gasteiger partial charge >= 0.3 is 0 Å². The number of benzene rings is 8. The summed E-state index contributed by atoms with van der Waals surface area (Å²) in [6.07, 6.45) is 0. The van der Waals surface area contributed by atoms with E-state index in [0.29, 0.717) is 27.7 Å². The van der Waals surface area contributed by atoms with Gasteiger partial charge in [0.1, 0.15) is 11.2 Å². The summed E-state index contributed by atoms with van der Waals surface area (Å²) in [5.41, 5.74) is 3.23. The van der Waals surface area contributed by atoms with Crippen molar-refractivity contribution in [1.29, 1.82) is 0 Å². The third kappa shape index (κ3) is 3.30. The van der Waals surface area contributed by atoms with Gasteiger partial charge in [0.2, 0.25) is 0 Å². The quantitative estimate of drug-likeness (QED) is 0.160. The highest BCUT2D eigenvalue weighted by molar-refractivity contribution is 6.23. The molecular weight excluding hydrogens is 496 g/mol. The van der Waals surface area contributed by atoms with Gasteiger partial charge in [0.25, 0.3) is 0 Å². The van der Waals surface area contributed by atoms with Crippen LogP contribution in [0.1, 0.15) is 15.1 Å². The highest BCUT2D eigenvalue weighted by atomic mass is 16.3. The van der Waals surface area contributed by atoms with Gasteiger partial charge in [0, 0.05) is 21.7 Å². The summed E-state index contributed by atoms with van der Waals surface area (Å²) < 4.78 is 104. The maximum Gasteiger partial charge on any atom is 0.143 e. The van der Waals surface area contributed by atoms with Crippen molar-refractivity contribution in [3.63, 3.8) is 0 Å². The summed E-state index contributed by atoms with van der Waals surface area (Å²) in [6.45, 7) is 0. The first-order valence-electron chi connectivity index (χ1n) is 18.7.